The van der Waals surface area contributed by atoms with E-state index in [2.05, 4.69) is 0 Å². The van der Waals surface area contributed by atoms with Crippen molar-refractivity contribution in [1.82, 2.24) is 9.47 Å². The number of aromatic nitrogens is 1. The summed E-state index contributed by atoms with van der Waals surface area (Å²) in [6.45, 7) is 1.51. The number of carboxylic acid groups (broad SMARTS) is 1. The molecule has 2 N–H and O–H groups in total. The smallest absolute Gasteiger partial charge is 0.338 e. The number of fused-ring (bicyclic) bond motifs is 1. The first-order chi connectivity index (χ1) is 13.6. The van der Waals surface area contributed by atoms with Crippen LogP contribution in [0.1, 0.15) is 28.9 Å². The summed E-state index contributed by atoms with van der Waals surface area (Å²) in [7, 11) is 0. The Morgan fingerprint density at radius 3 is 2.39 bits per heavy atom. The maximum Gasteiger partial charge on any atom is 0.338 e. The number of pyridine rings is 1. The second-order valence-electron chi connectivity index (χ2n) is 7.18. The average Bonchev–Trinajstić information content (AvgIpc) is 2.69. The van der Waals surface area contributed by atoms with E-state index in [1.165, 1.54) is 4.57 Å². The zero-order chi connectivity index (χ0) is 19.7. The van der Waals surface area contributed by atoms with Crippen LogP contribution in [0, 0.1) is 0 Å². The Hall–Kier alpha value is -2.96. The molecule has 1 atom stereocenters. The number of carboxylic acids is 1. The Morgan fingerprint density at radius 1 is 1.04 bits per heavy atom. The second-order valence-corrected chi connectivity index (χ2v) is 7.18. The van der Waals surface area contributed by atoms with Crippen molar-refractivity contribution >= 4 is 16.7 Å². The summed E-state index contributed by atoms with van der Waals surface area (Å²) < 4.78 is 1.51. The fraction of sp³-hybridized carbons (Fsp3) is 0.273. The molecule has 6 nitrogen and oxygen atoms in total. The third-order valence-electron chi connectivity index (χ3n) is 5.27. The van der Waals surface area contributed by atoms with Crippen LogP contribution in [-0.2, 0) is 6.54 Å². The van der Waals surface area contributed by atoms with Crippen molar-refractivity contribution < 1.29 is 15.0 Å². The third kappa shape index (κ3) is 3.32. The van der Waals surface area contributed by atoms with Crippen LogP contribution in [-0.4, -0.2) is 44.8 Å². The first-order valence-electron chi connectivity index (χ1n) is 9.42. The standard InChI is InChI=1S/C22H22N2O4/c25-16-9-6-12-23(13-16)14-19-20(22(27)28)17-10-4-5-11-18(17)21(26)24(19)15-7-2-1-3-8-15/h1-5,7-8,10-11,16,25H,6,9,12-14H2,(H,27,28). The van der Waals surface area contributed by atoms with Gasteiger partial charge in [0.2, 0.25) is 0 Å². The highest BCUT2D eigenvalue weighted by atomic mass is 16.4. The highest BCUT2D eigenvalue weighted by Crippen LogP contribution is 2.25. The molecule has 2 aromatic carbocycles. The summed E-state index contributed by atoms with van der Waals surface area (Å²) in [6, 6.07) is 15.9. The SMILES string of the molecule is O=C(O)c1c(CN2CCCC(O)C2)n(-c2ccccc2)c(=O)c2ccccc12. The Bertz CT molecular complexity index is 1080. The summed E-state index contributed by atoms with van der Waals surface area (Å²) in [5.74, 6) is -1.06. The van der Waals surface area contributed by atoms with Crippen LogP contribution in [0.5, 0.6) is 0 Å². The lowest BCUT2D eigenvalue weighted by molar-refractivity contribution is 0.0640. The van der Waals surface area contributed by atoms with Gasteiger partial charge in [0.05, 0.1) is 17.4 Å². The molecule has 0 radical (unpaired) electrons. The summed E-state index contributed by atoms with van der Waals surface area (Å²) in [5, 5.41) is 20.9. The van der Waals surface area contributed by atoms with Crippen molar-refractivity contribution in [3.05, 3.63) is 76.2 Å². The van der Waals surface area contributed by atoms with Gasteiger partial charge in [-0.25, -0.2) is 4.79 Å². The number of likely N-dealkylation sites (tertiary alicyclic amines) is 1. The number of benzene rings is 2. The Balaban J connectivity index is 2.00. The van der Waals surface area contributed by atoms with E-state index in [-0.39, 0.29) is 17.7 Å². The number of hydrogen-bond donors (Lipinski definition) is 2. The quantitative estimate of drug-likeness (QED) is 0.729. The highest BCUT2D eigenvalue weighted by Gasteiger charge is 2.26. The molecule has 0 saturated carbocycles. The van der Waals surface area contributed by atoms with Gasteiger partial charge in [0.1, 0.15) is 0 Å². The molecule has 0 aliphatic carbocycles. The molecule has 3 aromatic rings. The predicted octanol–water partition coefficient (Wildman–Crippen LogP) is 2.65. The fourth-order valence-corrected chi connectivity index (χ4v) is 4.02. The molecule has 0 amide bonds. The minimum atomic E-state index is -1.06. The molecule has 6 heteroatoms. The van der Waals surface area contributed by atoms with E-state index >= 15 is 0 Å². The van der Waals surface area contributed by atoms with E-state index in [4.69, 9.17) is 0 Å². The summed E-state index contributed by atoms with van der Waals surface area (Å²) in [6.07, 6.45) is 1.15. The summed E-state index contributed by atoms with van der Waals surface area (Å²) in [5.41, 5.74) is 0.975. The number of carbonyl (C=O) groups is 1. The number of piperidine rings is 1. The van der Waals surface area contributed by atoms with E-state index in [0.717, 1.165) is 19.4 Å². The van der Waals surface area contributed by atoms with Gasteiger partial charge in [0.15, 0.2) is 0 Å². The molecule has 1 aromatic heterocycles. The molecule has 1 aliphatic rings. The van der Waals surface area contributed by atoms with Gasteiger partial charge in [0, 0.05) is 29.5 Å². The van der Waals surface area contributed by atoms with Crippen LogP contribution in [0.3, 0.4) is 0 Å². The molecule has 4 rings (SSSR count). The molecule has 144 valence electrons. The monoisotopic (exact) mass is 378 g/mol. The lowest BCUT2D eigenvalue weighted by Crippen LogP contribution is -2.39. The summed E-state index contributed by atoms with van der Waals surface area (Å²) >= 11 is 0. The van der Waals surface area contributed by atoms with Gasteiger partial charge in [-0.1, -0.05) is 36.4 Å². The van der Waals surface area contributed by atoms with Crippen molar-refractivity contribution in [3.63, 3.8) is 0 Å². The van der Waals surface area contributed by atoms with E-state index < -0.39 is 12.1 Å². The van der Waals surface area contributed by atoms with Gasteiger partial charge in [0.25, 0.3) is 5.56 Å². The molecule has 1 unspecified atom stereocenters. The first kappa shape index (κ1) is 18.4. The third-order valence-corrected chi connectivity index (χ3v) is 5.27. The first-order valence-corrected chi connectivity index (χ1v) is 9.42. The van der Waals surface area contributed by atoms with Crippen molar-refractivity contribution in [2.24, 2.45) is 0 Å². The van der Waals surface area contributed by atoms with Crippen molar-refractivity contribution in [3.8, 4) is 5.69 Å². The summed E-state index contributed by atoms with van der Waals surface area (Å²) in [4.78, 5) is 27.6. The van der Waals surface area contributed by atoms with Gasteiger partial charge in [-0.3, -0.25) is 14.3 Å². The second kappa shape index (κ2) is 7.58. The molecule has 1 aliphatic heterocycles. The molecule has 28 heavy (non-hydrogen) atoms. The van der Waals surface area contributed by atoms with Gasteiger partial charge >= 0.3 is 5.97 Å². The van der Waals surface area contributed by atoms with Gasteiger partial charge in [-0.15, -0.1) is 0 Å². The molecule has 0 bridgehead atoms. The van der Waals surface area contributed by atoms with E-state index in [9.17, 15) is 19.8 Å². The van der Waals surface area contributed by atoms with Crippen molar-refractivity contribution in [2.45, 2.75) is 25.5 Å². The largest absolute Gasteiger partial charge is 0.478 e. The van der Waals surface area contributed by atoms with E-state index in [1.54, 1.807) is 36.4 Å². The maximum atomic E-state index is 13.3. The number of aliphatic hydroxyl groups excluding tert-OH is 1. The van der Waals surface area contributed by atoms with Gasteiger partial charge in [-0.2, -0.15) is 0 Å². The number of aromatic carboxylic acids is 1. The lowest BCUT2D eigenvalue weighted by atomic mass is 10.0. The van der Waals surface area contributed by atoms with Crippen molar-refractivity contribution in [2.75, 3.05) is 13.1 Å². The van der Waals surface area contributed by atoms with Crippen LogP contribution in [0.25, 0.3) is 16.5 Å². The topological polar surface area (TPSA) is 82.8 Å². The number of hydrogen-bond acceptors (Lipinski definition) is 4. The fourth-order valence-electron chi connectivity index (χ4n) is 4.02. The average molecular weight is 378 g/mol. The Kier molecular flexibility index (Phi) is 4.98. The lowest BCUT2D eigenvalue weighted by Gasteiger charge is -2.31. The zero-order valence-electron chi connectivity index (χ0n) is 15.4. The Labute approximate surface area is 162 Å². The molecular weight excluding hydrogens is 356 g/mol. The number of β-amino-alcohol motifs (C(OH)–C–C–N with tert-alkyl or cyclic N) is 1. The molecule has 0 spiro atoms. The predicted molar refractivity (Wildman–Crippen MR) is 107 cm³/mol. The zero-order valence-corrected chi connectivity index (χ0v) is 15.4. The molecule has 1 saturated heterocycles. The number of rotatable bonds is 4. The van der Waals surface area contributed by atoms with Crippen LogP contribution < -0.4 is 5.56 Å². The van der Waals surface area contributed by atoms with Gasteiger partial charge < -0.3 is 10.2 Å². The van der Waals surface area contributed by atoms with Gasteiger partial charge in [-0.05, 0) is 37.6 Å². The van der Waals surface area contributed by atoms with Crippen molar-refractivity contribution in [1.29, 1.82) is 0 Å². The number of nitrogens with zero attached hydrogens (tertiary/aromatic N) is 2. The van der Waals surface area contributed by atoms with Crippen LogP contribution in [0.2, 0.25) is 0 Å². The molecule has 1 fully saturated rings. The molecule has 2 heterocycles. The van der Waals surface area contributed by atoms with Crippen LogP contribution >= 0.6 is 0 Å². The number of aliphatic hydroxyl groups is 1. The van der Waals surface area contributed by atoms with Crippen LogP contribution in [0.15, 0.2) is 59.4 Å². The highest BCUT2D eigenvalue weighted by molar-refractivity contribution is 6.04. The van der Waals surface area contributed by atoms with Crippen LogP contribution in [0.4, 0.5) is 0 Å². The van der Waals surface area contributed by atoms with E-state index in [0.29, 0.717) is 28.7 Å². The minimum Gasteiger partial charge on any atom is -0.478 e. The Morgan fingerprint density at radius 2 is 1.71 bits per heavy atom. The normalized spacial score (nSPS) is 17.7. The number of para-hydroxylation sites is 1. The maximum absolute atomic E-state index is 13.3. The van der Waals surface area contributed by atoms with E-state index in [1.807, 2.05) is 23.1 Å². The molecular formula is C22H22N2O4. The minimum absolute atomic E-state index is 0.138.